The SMILES string of the molecule is CCNC(=O)NC1N=C2NC(N3CCCN(C)CC3)=CNC2=CC1C. The van der Waals surface area contributed by atoms with Gasteiger partial charge in [0.05, 0.1) is 5.70 Å². The van der Waals surface area contributed by atoms with Gasteiger partial charge in [0.1, 0.15) is 12.0 Å². The van der Waals surface area contributed by atoms with Crippen LogP contribution in [0.15, 0.2) is 28.8 Å². The number of amides is 2. The minimum absolute atomic E-state index is 0.123. The first-order valence-electron chi connectivity index (χ1n) is 9.08. The average Bonchev–Trinajstić information content (AvgIpc) is 2.80. The van der Waals surface area contributed by atoms with Crippen molar-refractivity contribution in [3.05, 3.63) is 23.8 Å². The molecule has 8 nitrogen and oxygen atoms in total. The predicted molar refractivity (Wildman–Crippen MR) is 98.7 cm³/mol. The fraction of sp³-hybridized carbons (Fsp3) is 0.647. The Morgan fingerprint density at radius 1 is 1.36 bits per heavy atom. The van der Waals surface area contributed by atoms with Gasteiger partial charge >= 0.3 is 6.03 Å². The van der Waals surface area contributed by atoms with Gasteiger partial charge in [-0.05, 0) is 26.9 Å². The Kier molecular flexibility index (Phi) is 5.47. The van der Waals surface area contributed by atoms with Crippen molar-refractivity contribution in [3.63, 3.8) is 0 Å². The van der Waals surface area contributed by atoms with Gasteiger partial charge in [-0.1, -0.05) is 13.0 Å². The molecule has 0 saturated carbocycles. The van der Waals surface area contributed by atoms with Gasteiger partial charge in [-0.2, -0.15) is 0 Å². The van der Waals surface area contributed by atoms with E-state index in [0.717, 1.165) is 50.0 Å². The largest absolute Gasteiger partial charge is 0.356 e. The molecule has 2 unspecified atom stereocenters. The zero-order valence-corrected chi connectivity index (χ0v) is 15.3. The van der Waals surface area contributed by atoms with Crippen molar-refractivity contribution in [1.82, 2.24) is 31.1 Å². The van der Waals surface area contributed by atoms with Crippen LogP contribution in [0.25, 0.3) is 0 Å². The summed E-state index contributed by atoms with van der Waals surface area (Å²) in [6.07, 6.45) is 4.99. The molecule has 1 fully saturated rings. The summed E-state index contributed by atoms with van der Waals surface area (Å²) in [6.45, 7) is 8.73. The van der Waals surface area contributed by atoms with E-state index in [9.17, 15) is 4.79 Å². The van der Waals surface area contributed by atoms with Crippen molar-refractivity contribution in [2.45, 2.75) is 26.4 Å². The summed E-state index contributed by atoms with van der Waals surface area (Å²) >= 11 is 0. The van der Waals surface area contributed by atoms with Crippen LogP contribution in [-0.2, 0) is 0 Å². The van der Waals surface area contributed by atoms with Gasteiger partial charge in [0, 0.05) is 38.3 Å². The Hall–Kier alpha value is -2.22. The Bertz CT molecular complexity index is 598. The average molecular weight is 347 g/mol. The summed E-state index contributed by atoms with van der Waals surface area (Å²) in [7, 11) is 2.16. The highest BCUT2D eigenvalue weighted by molar-refractivity contribution is 6.00. The zero-order valence-electron chi connectivity index (χ0n) is 15.3. The van der Waals surface area contributed by atoms with Crippen molar-refractivity contribution in [3.8, 4) is 0 Å². The quantitative estimate of drug-likeness (QED) is 0.586. The fourth-order valence-electron chi connectivity index (χ4n) is 3.25. The molecule has 0 aromatic heterocycles. The smallest absolute Gasteiger partial charge is 0.316 e. The van der Waals surface area contributed by atoms with E-state index in [1.54, 1.807) is 0 Å². The maximum atomic E-state index is 11.8. The van der Waals surface area contributed by atoms with Crippen LogP contribution in [0.4, 0.5) is 4.79 Å². The molecule has 0 aromatic rings. The minimum atomic E-state index is -0.269. The van der Waals surface area contributed by atoms with Crippen molar-refractivity contribution in [2.24, 2.45) is 10.9 Å². The van der Waals surface area contributed by atoms with E-state index in [4.69, 9.17) is 4.99 Å². The standard InChI is InChI=1S/C17H29N7O/c1-4-18-17(25)22-15-12(2)10-13-16(21-15)20-14(11-19-13)24-7-5-6-23(3)8-9-24/h10-12,15,19H,4-9H2,1-3H3,(H,20,21)(H2,18,22,25). The lowest BCUT2D eigenvalue weighted by Crippen LogP contribution is -2.50. The van der Waals surface area contributed by atoms with Gasteiger partial charge in [-0.3, -0.25) is 0 Å². The number of carbonyl (C=O) groups excluding carboxylic acids is 1. The van der Waals surface area contributed by atoms with E-state index < -0.39 is 0 Å². The highest BCUT2D eigenvalue weighted by atomic mass is 16.2. The predicted octanol–water partition coefficient (Wildman–Crippen LogP) is 0.193. The van der Waals surface area contributed by atoms with Crippen LogP contribution in [0, 0.1) is 5.92 Å². The van der Waals surface area contributed by atoms with Crippen LogP contribution in [0.2, 0.25) is 0 Å². The first-order valence-corrected chi connectivity index (χ1v) is 9.08. The van der Waals surface area contributed by atoms with E-state index in [-0.39, 0.29) is 18.1 Å². The second-order valence-corrected chi connectivity index (χ2v) is 6.81. The van der Waals surface area contributed by atoms with Gasteiger partial charge in [0.2, 0.25) is 0 Å². The number of urea groups is 1. The summed E-state index contributed by atoms with van der Waals surface area (Å²) in [5.41, 5.74) is 0.970. The van der Waals surface area contributed by atoms with E-state index >= 15 is 0 Å². The lowest BCUT2D eigenvalue weighted by atomic mass is 10.0. The molecular weight excluding hydrogens is 318 g/mol. The maximum absolute atomic E-state index is 11.8. The highest BCUT2D eigenvalue weighted by Crippen LogP contribution is 2.19. The van der Waals surface area contributed by atoms with E-state index in [1.165, 1.54) is 0 Å². The van der Waals surface area contributed by atoms with Crippen LogP contribution in [0.5, 0.6) is 0 Å². The number of hydrogen-bond acceptors (Lipinski definition) is 6. The number of rotatable bonds is 3. The number of nitrogens with one attached hydrogen (secondary N) is 4. The summed E-state index contributed by atoms with van der Waals surface area (Å²) in [6, 6.07) is -0.185. The number of nitrogens with zero attached hydrogens (tertiary/aromatic N) is 3. The summed E-state index contributed by atoms with van der Waals surface area (Å²) in [5.74, 6) is 1.95. The van der Waals surface area contributed by atoms with Crippen LogP contribution in [-0.4, -0.2) is 67.6 Å². The van der Waals surface area contributed by atoms with Crippen molar-refractivity contribution in [1.29, 1.82) is 0 Å². The molecule has 3 aliphatic heterocycles. The molecule has 0 bridgehead atoms. The van der Waals surface area contributed by atoms with Crippen LogP contribution in [0.1, 0.15) is 20.3 Å². The molecule has 3 aliphatic rings. The normalized spacial score (nSPS) is 26.8. The monoisotopic (exact) mass is 347 g/mol. The summed E-state index contributed by atoms with van der Waals surface area (Å²) in [4.78, 5) is 21.2. The lowest BCUT2D eigenvalue weighted by Gasteiger charge is -2.34. The molecule has 4 N–H and O–H groups in total. The zero-order chi connectivity index (χ0) is 17.8. The van der Waals surface area contributed by atoms with Gasteiger partial charge in [-0.15, -0.1) is 0 Å². The Labute approximate surface area is 149 Å². The second kappa shape index (κ2) is 7.77. The Morgan fingerprint density at radius 2 is 2.20 bits per heavy atom. The van der Waals surface area contributed by atoms with E-state index in [1.807, 2.05) is 13.1 Å². The molecule has 2 amide bonds. The molecule has 138 valence electrons. The fourth-order valence-corrected chi connectivity index (χ4v) is 3.25. The molecule has 0 radical (unpaired) electrons. The number of likely N-dealkylation sites (N-methyl/N-ethyl adjacent to an activating group) is 1. The van der Waals surface area contributed by atoms with Crippen LogP contribution in [0.3, 0.4) is 0 Å². The van der Waals surface area contributed by atoms with Gasteiger partial charge in [0.15, 0.2) is 5.84 Å². The van der Waals surface area contributed by atoms with Gasteiger partial charge < -0.3 is 31.1 Å². The first kappa shape index (κ1) is 17.6. The Morgan fingerprint density at radius 3 is 3.00 bits per heavy atom. The number of aliphatic imine (C=N–C) groups is 1. The molecule has 25 heavy (non-hydrogen) atoms. The van der Waals surface area contributed by atoms with Crippen molar-refractivity contribution in [2.75, 3.05) is 39.8 Å². The van der Waals surface area contributed by atoms with Crippen molar-refractivity contribution >= 4 is 11.9 Å². The minimum Gasteiger partial charge on any atom is -0.356 e. The molecule has 8 heteroatoms. The van der Waals surface area contributed by atoms with Gasteiger partial charge in [-0.25, -0.2) is 9.79 Å². The molecule has 2 atom stereocenters. The molecule has 1 saturated heterocycles. The third-order valence-corrected chi connectivity index (χ3v) is 4.74. The van der Waals surface area contributed by atoms with E-state index in [2.05, 4.69) is 51.1 Å². The number of hydrogen-bond donors (Lipinski definition) is 4. The van der Waals surface area contributed by atoms with Crippen LogP contribution >= 0.6 is 0 Å². The molecular formula is C17H29N7O. The van der Waals surface area contributed by atoms with Crippen molar-refractivity contribution < 1.29 is 4.79 Å². The van der Waals surface area contributed by atoms with Gasteiger partial charge in [0.25, 0.3) is 0 Å². The number of carbonyl (C=O) groups is 1. The van der Waals surface area contributed by atoms with E-state index in [0.29, 0.717) is 6.54 Å². The number of amidine groups is 1. The topological polar surface area (TPSA) is 84.0 Å². The highest BCUT2D eigenvalue weighted by Gasteiger charge is 2.28. The molecule has 0 aliphatic carbocycles. The third-order valence-electron chi connectivity index (χ3n) is 4.74. The molecule has 0 spiro atoms. The number of fused-ring (bicyclic) bond motifs is 1. The number of dihydropyridines is 1. The molecule has 0 aromatic carbocycles. The first-order chi connectivity index (χ1) is 12.1. The maximum Gasteiger partial charge on any atom is 0.316 e. The molecule has 3 heterocycles. The summed E-state index contributed by atoms with van der Waals surface area (Å²) < 4.78 is 0. The second-order valence-electron chi connectivity index (χ2n) is 6.81. The third kappa shape index (κ3) is 4.25. The summed E-state index contributed by atoms with van der Waals surface area (Å²) in [5, 5.41) is 12.5. The lowest BCUT2D eigenvalue weighted by molar-refractivity contribution is 0.235. The molecule has 3 rings (SSSR count). The van der Waals surface area contributed by atoms with Crippen LogP contribution < -0.4 is 21.3 Å². The Balaban J connectivity index is 1.69.